The van der Waals surface area contributed by atoms with Crippen molar-refractivity contribution >= 4 is 9.84 Å². The summed E-state index contributed by atoms with van der Waals surface area (Å²) < 4.78 is 51.9. The Balaban J connectivity index is 1.64. The zero-order valence-electron chi connectivity index (χ0n) is 14.7. The lowest BCUT2D eigenvalue weighted by atomic mass is 10.1. The first-order valence-corrected chi connectivity index (χ1v) is 10.5. The Hall–Kier alpha value is -1.79. The molecule has 0 saturated heterocycles. The normalized spacial score (nSPS) is 16.0. The molecule has 1 saturated carbocycles. The molecule has 0 radical (unpaired) electrons. The predicted molar refractivity (Wildman–Crippen MR) is 97.6 cm³/mol. The number of sulfone groups is 1. The van der Waals surface area contributed by atoms with Crippen molar-refractivity contribution in [3.63, 3.8) is 0 Å². The van der Waals surface area contributed by atoms with Gasteiger partial charge in [0.1, 0.15) is 11.6 Å². The third kappa shape index (κ3) is 4.48. The van der Waals surface area contributed by atoms with Gasteiger partial charge in [0.25, 0.3) is 0 Å². The molecule has 26 heavy (non-hydrogen) atoms. The van der Waals surface area contributed by atoms with Crippen LogP contribution in [0.3, 0.4) is 0 Å². The van der Waals surface area contributed by atoms with E-state index in [9.17, 15) is 17.2 Å². The minimum Gasteiger partial charge on any atom is -0.294 e. The van der Waals surface area contributed by atoms with Crippen LogP contribution in [0.25, 0.3) is 0 Å². The van der Waals surface area contributed by atoms with E-state index in [1.54, 1.807) is 12.1 Å². The summed E-state index contributed by atoms with van der Waals surface area (Å²) in [7, 11) is -3.44. The maximum Gasteiger partial charge on any atom is 0.178 e. The zero-order chi connectivity index (χ0) is 18.7. The largest absolute Gasteiger partial charge is 0.294 e. The van der Waals surface area contributed by atoms with E-state index in [0.717, 1.165) is 25.0 Å². The fourth-order valence-corrected chi connectivity index (χ4v) is 4.58. The van der Waals surface area contributed by atoms with Crippen LogP contribution in [-0.2, 0) is 9.84 Å². The summed E-state index contributed by atoms with van der Waals surface area (Å²) >= 11 is 0. The van der Waals surface area contributed by atoms with Crippen molar-refractivity contribution in [2.24, 2.45) is 0 Å². The van der Waals surface area contributed by atoms with Gasteiger partial charge in [-0.15, -0.1) is 0 Å². The fraction of sp³-hybridized carbons (Fsp3) is 0.400. The number of rotatable bonds is 8. The van der Waals surface area contributed by atoms with Crippen molar-refractivity contribution in [1.29, 1.82) is 0 Å². The number of hydrogen-bond donors (Lipinski definition) is 0. The molecular formula is C20H23F2NO2S. The number of benzene rings is 2. The van der Waals surface area contributed by atoms with E-state index in [-0.39, 0.29) is 22.5 Å². The van der Waals surface area contributed by atoms with Crippen molar-refractivity contribution in [1.82, 2.24) is 4.90 Å². The summed E-state index contributed by atoms with van der Waals surface area (Å²) in [6.45, 7) is 2.55. The quantitative estimate of drug-likeness (QED) is 0.640. The third-order valence-corrected chi connectivity index (χ3v) is 6.69. The van der Waals surface area contributed by atoms with E-state index in [2.05, 4.69) is 4.90 Å². The summed E-state index contributed by atoms with van der Waals surface area (Å²) in [6.07, 6.45) is 2.57. The number of hydrogen-bond acceptors (Lipinski definition) is 3. The van der Waals surface area contributed by atoms with Crippen LogP contribution in [0.1, 0.15) is 37.8 Å². The summed E-state index contributed by atoms with van der Waals surface area (Å²) in [6, 6.07) is 11.9. The molecule has 1 atom stereocenters. The van der Waals surface area contributed by atoms with Crippen molar-refractivity contribution in [2.45, 2.75) is 43.2 Å². The average Bonchev–Trinajstić information content (AvgIpc) is 3.44. The molecule has 2 aromatic rings. The van der Waals surface area contributed by atoms with Crippen LogP contribution in [0.4, 0.5) is 8.78 Å². The highest BCUT2D eigenvalue weighted by molar-refractivity contribution is 7.91. The molecule has 1 fully saturated rings. The van der Waals surface area contributed by atoms with E-state index in [1.165, 1.54) is 18.2 Å². The van der Waals surface area contributed by atoms with Gasteiger partial charge >= 0.3 is 0 Å². The second kappa shape index (κ2) is 7.84. The van der Waals surface area contributed by atoms with Crippen LogP contribution in [0.2, 0.25) is 0 Å². The van der Waals surface area contributed by atoms with Gasteiger partial charge in [-0.25, -0.2) is 17.2 Å². The fourth-order valence-electron chi connectivity index (χ4n) is 3.29. The molecule has 3 rings (SSSR count). The van der Waals surface area contributed by atoms with Gasteiger partial charge in [-0.05, 0) is 56.5 Å². The van der Waals surface area contributed by atoms with Gasteiger partial charge in [-0.1, -0.05) is 18.2 Å². The Morgan fingerprint density at radius 1 is 1.08 bits per heavy atom. The second-order valence-corrected chi connectivity index (χ2v) is 8.90. The minimum absolute atomic E-state index is 0.00809. The summed E-state index contributed by atoms with van der Waals surface area (Å²) in [5.74, 6) is -0.696. The minimum atomic E-state index is -3.44. The molecule has 2 aromatic carbocycles. The highest BCUT2D eigenvalue weighted by atomic mass is 32.2. The van der Waals surface area contributed by atoms with E-state index >= 15 is 0 Å². The van der Waals surface area contributed by atoms with Crippen LogP contribution in [0.15, 0.2) is 53.4 Å². The molecule has 1 aliphatic rings. The Morgan fingerprint density at radius 3 is 2.35 bits per heavy atom. The SMILES string of the molecule is CC(c1ccccc1F)N(CCCS(=O)(=O)c1ccc(F)cc1)C1CC1. The molecule has 140 valence electrons. The molecule has 0 heterocycles. The third-order valence-electron chi connectivity index (χ3n) is 4.87. The number of nitrogens with zero attached hydrogens (tertiary/aromatic N) is 1. The summed E-state index contributed by atoms with van der Waals surface area (Å²) in [4.78, 5) is 2.33. The van der Waals surface area contributed by atoms with Crippen LogP contribution >= 0.6 is 0 Å². The standard InChI is InChI=1S/C20H23F2NO2S/c1-15(19-5-2-3-6-20(19)22)23(17-9-10-17)13-4-14-26(24,25)18-11-7-16(21)8-12-18/h2-3,5-8,11-12,15,17H,4,9-10,13-14H2,1H3. The molecular weight excluding hydrogens is 356 g/mol. The molecule has 0 spiro atoms. The molecule has 3 nitrogen and oxygen atoms in total. The van der Waals surface area contributed by atoms with Gasteiger partial charge < -0.3 is 0 Å². The lowest BCUT2D eigenvalue weighted by Crippen LogP contribution is -2.31. The van der Waals surface area contributed by atoms with Gasteiger partial charge in [-0.2, -0.15) is 0 Å². The smallest absolute Gasteiger partial charge is 0.178 e. The summed E-state index contributed by atoms with van der Waals surface area (Å²) in [5.41, 5.74) is 0.640. The van der Waals surface area contributed by atoms with Crippen LogP contribution in [0.5, 0.6) is 0 Å². The topological polar surface area (TPSA) is 37.4 Å². The molecule has 1 unspecified atom stereocenters. The molecule has 6 heteroatoms. The Kier molecular flexibility index (Phi) is 5.73. The molecule has 0 amide bonds. The van der Waals surface area contributed by atoms with Gasteiger partial charge in [0.05, 0.1) is 10.6 Å². The van der Waals surface area contributed by atoms with E-state index in [4.69, 9.17) is 0 Å². The first-order chi connectivity index (χ1) is 12.4. The van der Waals surface area contributed by atoms with Gasteiger partial charge in [-0.3, -0.25) is 4.90 Å². The number of halogens is 2. The Labute approximate surface area is 153 Å². The maximum absolute atomic E-state index is 14.1. The lowest BCUT2D eigenvalue weighted by molar-refractivity contribution is 0.197. The van der Waals surface area contributed by atoms with E-state index in [0.29, 0.717) is 24.6 Å². The van der Waals surface area contributed by atoms with E-state index in [1.807, 2.05) is 13.0 Å². The molecule has 1 aliphatic carbocycles. The summed E-state index contributed by atoms with van der Waals surface area (Å²) in [5, 5.41) is 0. The first kappa shape index (κ1) is 19.0. The van der Waals surface area contributed by atoms with Crippen molar-refractivity contribution in [3.8, 4) is 0 Å². The van der Waals surface area contributed by atoms with Crippen molar-refractivity contribution in [3.05, 3.63) is 65.7 Å². The Bertz CT molecular complexity index is 848. The van der Waals surface area contributed by atoms with Crippen LogP contribution < -0.4 is 0 Å². The Morgan fingerprint density at radius 2 is 1.73 bits per heavy atom. The van der Waals surface area contributed by atoms with Gasteiger partial charge in [0.15, 0.2) is 9.84 Å². The van der Waals surface area contributed by atoms with Gasteiger partial charge in [0, 0.05) is 24.2 Å². The predicted octanol–water partition coefficient (Wildman–Crippen LogP) is 4.35. The van der Waals surface area contributed by atoms with Crippen molar-refractivity contribution in [2.75, 3.05) is 12.3 Å². The zero-order valence-corrected chi connectivity index (χ0v) is 15.6. The lowest BCUT2D eigenvalue weighted by Gasteiger charge is -2.29. The van der Waals surface area contributed by atoms with E-state index < -0.39 is 15.7 Å². The highest BCUT2D eigenvalue weighted by Crippen LogP contribution is 2.35. The molecule has 0 N–H and O–H groups in total. The molecule has 0 aliphatic heterocycles. The average molecular weight is 379 g/mol. The van der Waals surface area contributed by atoms with Crippen LogP contribution in [-0.4, -0.2) is 31.7 Å². The van der Waals surface area contributed by atoms with Crippen molar-refractivity contribution < 1.29 is 17.2 Å². The van der Waals surface area contributed by atoms with Gasteiger partial charge in [0.2, 0.25) is 0 Å². The highest BCUT2D eigenvalue weighted by Gasteiger charge is 2.33. The first-order valence-electron chi connectivity index (χ1n) is 8.87. The van der Waals surface area contributed by atoms with Crippen LogP contribution in [0, 0.1) is 11.6 Å². The maximum atomic E-state index is 14.1. The molecule has 0 bridgehead atoms. The molecule has 0 aromatic heterocycles. The second-order valence-electron chi connectivity index (χ2n) is 6.79. The monoisotopic (exact) mass is 379 g/mol.